The molecule has 71 heavy (non-hydrogen) atoms. The van der Waals surface area contributed by atoms with Gasteiger partial charge in [-0.3, -0.25) is 9.59 Å². The zero-order valence-corrected chi connectivity index (χ0v) is 42.4. The standard InChI is InChI=1S/C57H70N8O6/c1-31(2)48(62-54(68)70-6)52(66)64-29-56(20-21-56)25-44(64)50-58-27-42(60-50)35-10-8-34(9-11-35)40-18-19-41(47-37-14-12-36(13-15-37)46(40)47)38-16-17-39(33(5)24-38)43-28-59-51(61-43)45-26-57(22-23-57)30-65(45)53(67)49(32(3)4)63-55(69)71-7/h8-11,16-19,27-28,31-33,36-37,44-45,48-49H,12-15,20-26,29-30H2,1-7H3,(H,58,60)(H,59,61)(H,62,68)(H,63,69)/t33?,36?,37?,44-,45-,48-,49-/m0/s1. The first-order chi connectivity index (χ1) is 34.2. The van der Waals surface area contributed by atoms with Crippen molar-refractivity contribution in [2.45, 2.75) is 141 Å². The second-order valence-electron chi connectivity index (χ2n) is 23.0. The Labute approximate surface area is 417 Å². The van der Waals surface area contributed by atoms with Gasteiger partial charge in [0.25, 0.3) is 0 Å². The lowest BCUT2D eigenvalue weighted by atomic mass is 9.63. The molecular weight excluding hydrogens is 893 g/mol. The van der Waals surface area contributed by atoms with Gasteiger partial charge in [-0.25, -0.2) is 19.6 Å². The van der Waals surface area contributed by atoms with E-state index >= 15 is 0 Å². The molecule has 2 saturated heterocycles. The number of imidazole rings is 2. The quantitative estimate of drug-likeness (QED) is 0.109. The second-order valence-corrected chi connectivity index (χ2v) is 23.0. The van der Waals surface area contributed by atoms with Gasteiger partial charge in [-0.05, 0) is 156 Å². The average molecular weight is 963 g/mol. The van der Waals surface area contributed by atoms with E-state index in [1.165, 1.54) is 73.3 Å². The van der Waals surface area contributed by atoms with Crippen LogP contribution in [0.25, 0.3) is 33.5 Å². The number of nitrogens with zero attached hydrogens (tertiary/aromatic N) is 4. The van der Waals surface area contributed by atoms with Gasteiger partial charge in [0.1, 0.15) is 23.7 Å². The smallest absolute Gasteiger partial charge is 0.407 e. The fraction of sp³-hybridized carbons (Fsp3) is 0.544. The highest BCUT2D eigenvalue weighted by molar-refractivity contribution is 5.88. The molecule has 4 N–H and O–H groups in total. The van der Waals surface area contributed by atoms with E-state index in [0.717, 1.165) is 73.5 Å². The fourth-order valence-corrected chi connectivity index (χ4v) is 13.2. The predicted molar refractivity (Wildman–Crippen MR) is 272 cm³/mol. The number of benzene rings is 2. The van der Waals surface area contributed by atoms with E-state index in [9.17, 15) is 19.2 Å². The molecule has 4 aromatic rings. The van der Waals surface area contributed by atoms with Crippen molar-refractivity contribution in [3.63, 3.8) is 0 Å². The molecule has 374 valence electrons. The molecule has 6 aliphatic carbocycles. The van der Waals surface area contributed by atoms with Crippen LogP contribution < -0.4 is 10.6 Å². The number of amides is 4. The van der Waals surface area contributed by atoms with E-state index in [-0.39, 0.29) is 52.5 Å². The number of methoxy groups -OCH3 is 2. The van der Waals surface area contributed by atoms with Crippen LogP contribution in [0, 0.1) is 28.6 Å². The van der Waals surface area contributed by atoms with Crippen molar-refractivity contribution in [2.24, 2.45) is 28.6 Å². The van der Waals surface area contributed by atoms with Gasteiger partial charge in [-0.15, -0.1) is 0 Å². The molecule has 2 aromatic carbocycles. The molecule has 4 heterocycles. The summed E-state index contributed by atoms with van der Waals surface area (Å²) in [5, 5.41) is 5.58. The Morgan fingerprint density at radius 3 is 1.59 bits per heavy atom. The zero-order valence-electron chi connectivity index (χ0n) is 42.4. The number of hydrogen-bond acceptors (Lipinski definition) is 8. The van der Waals surface area contributed by atoms with E-state index in [0.29, 0.717) is 24.9 Å². The summed E-state index contributed by atoms with van der Waals surface area (Å²) in [4.78, 5) is 73.6. The summed E-state index contributed by atoms with van der Waals surface area (Å²) < 4.78 is 9.74. The topological polar surface area (TPSA) is 175 Å². The first-order valence-corrected chi connectivity index (χ1v) is 26.3. The fourth-order valence-electron chi connectivity index (χ4n) is 13.2. The van der Waals surface area contributed by atoms with Crippen LogP contribution >= 0.6 is 0 Å². The van der Waals surface area contributed by atoms with Gasteiger partial charge in [0.2, 0.25) is 11.8 Å². The molecule has 0 radical (unpaired) electrons. The number of aromatic nitrogens is 4. The van der Waals surface area contributed by atoms with Gasteiger partial charge in [0, 0.05) is 13.1 Å². The summed E-state index contributed by atoms with van der Waals surface area (Å²) >= 11 is 0. The number of allylic oxidation sites excluding steroid dienone is 4. The lowest BCUT2D eigenvalue weighted by Crippen LogP contribution is -2.51. The zero-order chi connectivity index (χ0) is 49.5. The number of carbonyl (C=O) groups is 4. The highest BCUT2D eigenvalue weighted by Crippen LogP contribution is 2.60. The Morgan fingerprint density at radius 1 is 0.648 bits per heavy atom. The van der Waals surface area contributed by atoms with Crippen LogP contribution in [0.2, 0.25) is 0 Å². The maximum Gasteiger partial charge on any atom is 0.407 e. The third-order valence-electron chi connectivity index (χ3n) is 17.6. The molecule has 2 bridgehead atoms. The van der Waals surface area contributed by atoms with Gasteiger partial charge >= 0.3 is 12.2 Å². The molecule has 2 aromatic heterocycles. The number of carbonyl (C=O) groups excluding carboxylic acids is 4. The van der Waals surface area contributed by atoms with E-state index < -0.39 is 24.3 Å². The lowest BCUT2D eigenvalue weighted by Gasteiger charge is -2.41. The molecule has 5 atom stereocenters. The number of hydrogen-bond donors (Lipinski definition) is 4. The first kappa shape index (κ1) is 47.2. The number of rotatable bonds is 12. The van der Waals surface area contributed by atoms with Crippen LogP contribution in [-0.4, -0.2) is 93.1 Å². The van der Waals surface area contributed by atoms with Gasteiger partial charge in [0.15, 0.2) is 0 Å². The molecule has 2 spiro atoms. The highest BCUT2D eigenvalue weighted by Gasteiger charge is 2.56. The van der Waals surface area contributed by atoms with E-state index in [2.05, 4.69) is 76.1 Å². The second kappa shape index (κ2) is 18.1. The molecule has 5 fully saturated rings. The SMILES string of the molecule is COC(=O)N[C@H](C(=O)N1CC2(CC2)C[C@H]1c1ncc(C2=CC=C(c3ccc(-c4ccc(-c5cnc([C@@H]6CC7(CC7)CN6C(=O)[C@@H](NC(=O)OC)C(C)C)[nH]5)cc4)c4c3C3CCC4CC3)CC2C)[nH]1)C(C)C. The van der Waals surface area contributed by atoms with Crippen molar-refractivity contribution in [1.29, 1.82) is 0 Å². The van der Waals surface area contributed by atoms with E-state index in [1.54, 1.807) is 5.56 Å². The Bertz CT molecular complexity index is 2800. The summed E-state index contributed by atoms with van der Waals surface area (Å²) in [6, 6.07) is 11.9. The summed E-state index contributed by atoms with van der Waals surface area (Å²) in [5.41, 5.74) is 12.9. The average Bonchev–Trinajstić information content (AvgIpc) is 3.95. The first-order valence-electron chi connectivity index (χ1n) is 26.3. The number of nitrogens with one attached hydrogen (secondary N) is 4. The Kier molecular flexibility index (Phi) is 12.1. The van der Waals surface area contributed by atoms with Gasteiger partial charge < -0.3 is 39.9 Å². The number of fused-ring (bicyclic) bond motifs is 2. The van der Waals surface area contributed by atoms with Gasteiger partial charge in [-0.1, -0.05) is 83.2 Å². The molecule has 3 saturated carbocycles. The van der Waals surface area contributed by atoms with E-state index in [1.807, 2.05) is 49.9 Å². The minimum absolute atomic E-state index is 0.0821. The van der Waals surface area contributed by atoms with Crippen LogP contribution in [-0.2, 0) is 19.1 Å². The van der Waals surface area contributed by atoms with Crippen LogP contribution in [0.1, 0.15) is 163 Å². The number of likely N-dealkylation sites (tertiary alicyclic amines) is 2. The Balaban J connectivity index is 0.830. The third kappa shape index (κ3) is 8.66. The molecule has 14 heteroatoms. The molecule has 2 aliphatic heterocycles. The van der Waals surface area contributed by atoms with Gasteiger partial charge in [0.05, 0.1) is 50.1 Å². The molecule has 12 rings (SSSR count). The maximum atomic E-state index is 14.1. The molecule has 1 unspecified atom stereocenters. The lowest BCUT2D eigenvalue weighted by molar-refractivity contribution is -0.136. The third-order valence-corrected chi connectivity index (χ3v) is 17.6. The monoisotopic (exact) mass is 963 g/mol. The van der Waals surface area contributed by atoms with Crippen molar-refractivity contribution < 1.29 is 28.7 Å². The van der Waals surface area contributed by atoms with Crippen molar-refractivity contribution >= 4 is 35.1 Å². The van der Waals surface area contributed by atoms with Gasteiger partial charge in [-0.2, -0.15) is 0 Å². The van der Waals surface area contributed by atoms with Crippen LogP contribution in [0.4, 0.5) is 9.59 Å². The predicted octanol–water partition coefficient (Wildman–Crippen LogP) is 10.6. The van der Waals surface area contributed by atoms with Crippen LogP contribution in [0.15, 0.2) is 60.9 Å². The summed E-state index contributed by atoms with van der Waals surface area (Å²) in [6.45, 7) is 11.4. The summed E-state index contributed by atoms with van der Waals surface area (Å²) in [5.74, 6) is 2.59. The minimum atomic E-state index is -0.681. The molecule has 8 aliphatic rings. The maximum absolute atomic E-state index is 14.1. The number of aromatic amines is 2. The van der Waals surface area contributed by atoms with Crippen molar-refractivity contribution in [3.05, 3.63) is 95.0 Å². The van der Waals surface area contributed by atoms with Crippen LogP contribution in [0.5, 0.6) is 0 Å². The molecule has 14 nitrogen and oxygen atoms in total. The van der Waals surface area contributed by atoms with Crippen molar-refractivity contribution in [2.75, 3.05) is 27.3 Å². The molecule has 4 amide bonds. The highest BCUT2D eigenvalue weighted by atomic mass is 16.5. The Morgan fingerprint density at radius 2 is 1.11 bits per heavy atom. The number of ether oxygens (including phenoxy) is 2. The van der Waals surface area contributed by atoms with Crippen molar-refractivity contribution in [1.82, 2.24) is 40.4 Å². The summed E-state index contributed by atoms with van der Waals surface area (Å²) in [7, 11) is 2.65. The normalized spacial score (nSPS) is 25.2. The van der Waals surface area contributed by atoms with E-state index in [4.69, 9.17) is 19.4 Å². The van der Waals surface area contributed by atoms with Crippen LogP contribution in [0.3, 0.4) is 0 Å². The Hall–Kier alpha value is -6.18. The number of alkyl carbamates (subject to hydrolysis) is 2. The number of H-pyrrole nitrogens is 2. The summed E-state index contributed by atoms with van der Waals surface area (Å²) in [6.07, 6.45) is 19.3. The largest absolute Gasteiger partial charge is 0.453 e. The minimum Gasteiger partial charge on any atom is -0.453 e. The molecular formula is C57H70N8O6. The van der Waals surface area contributed by atoms with Crippen molar-refractivity contribution in [3.8, 4) is 22.4 Å².